The van der Waals surface area contributed by atoms with E-state index in [4.69, 9.17) is 14.2 Å². The zero-order chi connectivity index (χ0) is 37.9. The molecular weight excluding hydrogens is 684 g/mol. The van der Waals surface area contributed by atoms with Crippen LogP contribution in [0.1, 0.15) is 83.2 Å². The minimum absolute atomic E-state index is 0.00870. The zero-order valence-corrected chi connectivity index (χ0v) is 30.1. The molecular formula is C41H52O12. The van der Waals surface area contributed by atoms with E-state index in [0.717, 1.165) is 37.3 Å². The summed E-state index contributed by atoms with van der Waals surface area (Å²) in [6.45, 7) is 2.31. The highest BCUT2D eigenvalue weighted by Gasteiger charge is 2.56. The first-order chi connectivity index (χ1) is 25.5. The smallest absolute Gasteiger partial charge is 0.335 e. The van der Waals surface area contributed by atoms with Crippen molar-refractivity contribution in [3.8, 4) is 11.5 Å². The van der Waals surface area contributed by atoms with Crippen molar-refractivity contribution in [2.75, 3.05) is 26.4 Å². The second kappa shape index (κ2) is 16.8. The Balaban J connectivity index is 1.24. The molecule has 288 valence electrons. The minimum Gasteiger partial charge on any atom is -0.506 e. The highest BCUT2D eigenvalue weighted by Crippen LogP contribution is 2.48. The summed E-state index contributed by atoms with van der Waals surface area (Å²) in [5.41, 5.74) is -0.826. The highest BCUT2D eigenvalue weighted by molar-refractivity contribution is 6.09. The number of carboxylic acids is 1. The van der Waals surface area contributed by atoms with E-state index in [1.165, 1.54) is 6.07 Å². The predicted octanol–water partition coefficient (Wildman–Crippen LogP) is 4.15. The number of ketones is 1. The van der Waals surface area contributed by atoms with Crippen LogP contribution in [0.3, 0.4) is 0 Å². The van der Waals surface area contributed by atoms with Gasteiger partial charge in [0.25, 0.3) is 0 Å². The van der Waals surface area contributed by atoms with E-state index in [9.17, 15) is 45.3 Å². The highest BCUT2D eigenvalue weighted by atomic mass is 16.7. The average molecular weight is 737 g/mol. The van der Waals surface area contributed by atoms with Gasteiger partial charge in [0.15, 0.2) is 5.78 Å². The number of aromatic carboxylic acids is 1. The van der Waals surface area contributed by atoms with E-state index >= 15 is 0 Å². The number of aromatic hydroxyl groups is 1. The molecule has 12 nitrogen and oxygen atoms in total. The van der Waals surface area contributed by atoms with Gasteiger partial charge in [0.1, 0.15) is 35.4 Å². The molecule has 2 aliphatic heterocycles. The Morgan fingerprint density at radius 1 is 1.00 bits per heavy atom. The molecule has 1 saturated carbocycles. The lowest BCUT2D eigenvalue weighted by molar-refractivity contribution is -0.315. The molecule has 0 bridgehead atoms. The zero-order valence-electron chi connectivity index (χ0n) is 30.1. The molecule has 2 heterocycles. The number of Topliss-reactive ketones (excluding diaryl/α,β-unsaturated/α-hetero) is 1. The van der Waals surface area contributed by atoms with Gasteiger partial charge in [-0.2, -0.15) is 0 Å². The lowest BCUT2D eigenvalue weighted by atomic mass is 9.62. The summed E-state index contributed by atoms with van der Waals surface area (Å²) in [4.78, 5) is 25.6. The Morgan fingerprint density at radius 2 is 1.77 bits per heavy atom. The topological polar surface area (TPSA) is 203 Å². The van der Waals surface area contributed by atoms with Crippen molar-refractivity contribution in [1.82, 2.24) is 0 Å². The number of hydrogen-bond acceptors (Lipinski definition) is 11. The van der Waals surface area contributed by atoms with Crippen LogP contribution in [-0.2, 0) is 15.9 Å². The number of aliphatic hydroxyl groups is 5. The van der Waals surface area contributed by atoms with Crippen LogP contribution in [0.5, 0.6) is 11.5 Å². The number of fused-ring (bicyclic) bond motifs is 2. The standard InChI is InChI=1S/C41H52O12/c1-23-17-28-18-29(39(48)49)19-31(35(28)36(45)33(23)30(44)13-12-24-7-3-2-4-8-24)52-40-37(46)38(47)41(50,32(20-43)53-40)15-14-25-9-5-10-26-21-51-22-27(34(25)26)11-6-16-42/h2-4,7-8,17-19,25-27,32,34,37-38,40,42-43,45-47,50H,5-6,9-16,20-22H2,1H3,(H,48,49)/t25-,26-,27-,32-,34-,37-,38-,40-,41-/m1/s1. The fourth-order valence-electron chi connectivity index (χ4n) is 9.19. The summed E-state index contributed by atoms with van der Waals surface area (Å²) >= 11 is 0. The molecule has 53 heavy (non-hydrogen) atoms. The van der Waals surface area contributed by atoms with Crippen LogP contribution >= 0.6 is 0 Å². The molecule has 2 saturated heterocycles. The molecule has 3 fully saturated rings. The van der Waals surface area contributed by atoms with E-state index in [1.807, 2.05) is 30.3 Å². The van der Waals surface area contributed by atoms with Crippen molar-refractivity contribution >= 4 is 22.5 Å². The Morgan fingerprint density at radius 3 is 2.49 bits per heavy atom. The van der Waals surface area contributed by atoms with Crippen molar-refractivity contribution in [2.24, 2.45) is 23.7 Å². The maximum atomic E-state index is 13.5. The number of carbonyl (C=O) groups is 2. The van der Waals surface area contributed by atoms with Crippen LogP contribution in [0.25, 0.3) is 10.8 Å². The number of carboxylic acid groups (broad SMARTS) is 1. The van der Waals surface area contributed by atoms with Crippen molar-refractivity contribution in [3.05, 3.63) is 70.8 Å². The summed E-state index contributed by atoms with van der Waals surface area (Å²) < 4.78 is 17.9. The molecule has 7 N–H and O–H groups in total. The minimum atomic E-state index is -2.05. The Hall–Kier alpha value is -3.62. The number of carbonyl (C=O) groups excluding carboxylic acids is 1. The largest absolute Gasteiger partial charge is 0.506 e. The molecule has 6 rings (SSSR count). The van der Waals surface area contributed by atoms with Gasteiger partial charge in [-0.1, -0.05) is 49.2 Å². The van der Waals surface area contributed by atoms with E-state index in [1.54, 1.807) is 13.0 Å². The first-order valence-corrected chi connectivity index (χ1v) is 18.8. The van der Waals surface area contributed by atoms with Gasteiger partial charge in [-0.25, -0.2) is 4.79 Å². The van der Waals surface area contributed by atoms with E-state index in [2.05, 4.69) is 0 Å². The first-order valence-electron chi connectivity index (χ1n) is 18.8. The number of hydrogen-bond donors (Lipinski definition) is 7. The molecule has 0 unspecified atom stereocenters. The molecule has 3 aromatic carbocycles. The average Bonchev–Trinajstić information content (AvgIpc) is 3.15. The molecule has 9 atom stereocenters. The third kappa shape index (κ3) is 8.10. The monoisotopic (exact) mass is 736 g/mol. The molecule has 3 aromatic rings. The third-order valence-corrected chi connectivity index (χ3v) is 11.9. The van der Waals surface area contributed by atoms with Crippen LogP contribution in [0.15, 0.2) is 48.5 Å². The molecule has 3 aliphatic rings. The normalized spacial score (nSPS) is 30.2. The van der Waals surface area contributed by atoms with Gasteiger partial charge in [-0.3, -0.25) is 4.79 Å². The van der Waals surface area contributed by atoms with Crippen molar-refractivity contribution in [1.29, 1.82) is 0 Å². The second-order valence-corrected chi connectivity index (χ2v) is 15.2. The van der Waals surface area contributed by atoms with Gasteiger partial charge in [-0.05, 0) is 97.8 Å². The molecule has 1 aliphatic carbocycles. The molecule has 0 amide bonds. The maximum Gasteiger partial charge on any atom is 0.335 e. The maximum absolute atomic E-state index is 13.5. The summed E-state index contributed by atoms with van der Waals surface area (Å²) in [7, 11) is 0. The second-order valence-electron chi connectivity index (χ2n) is 15.2. The lowest BCUT2D eigenvalue weighted by Crippen LogP contribution is -2.68. The SMILES string of the molecule is Cc1cc2cc(C(=O)O)cc(O[C@@H]3O[C@H](CO)[C@](O)(CC[C@H]4CCC[C@@H]5COC[C@@H](CCCO)[C@H]45)[C@H](O)[C@H]3O)c2c(O)c1C(=O)CCc1ccccc1. The number of phenols is 1. The molecule has 12 heteroatoms. The van der Waals surface area contributed by atoms with Crippen LogP contribution in [0.4, 0.5) is 0 Å². The van der Waals surface area contributed by atoms with Crippen LogP contribution < -0.4 is 4.74 Å². The van der Waals surface area contributed by atoms with E-state index in [0.29, 0.717) is 49.9 Å². The predicted molar refractivity (Wildman–Crippen MR) is 194 cm³/mol. The fourth-order valence-corrected chi connectivity index (χ4v) is 9.19. The van der Waals surface area contributed by atoms with Crippen molar-refractivity contribution < 1.29 is 59.5 Å². The number of benzene rings is 3. The summed E-state index contributed by atoms with van der Waals surface area (Å²) in [6, 6.07) is 13.5. The quantitative estimate of drug-likeness (QED) is 0.117. The van der Waals surface area contributed by atoms with Crippen LogP contribution in [0.2, 0.25) is 0 Å². The summed E-state index contributed by atoms with van der Waals surface area (Å²) in [6.07, 6.45) is -1.21. The number of ether oxygens (including phenoxy) is 3. The fraction of sp³-hybridized carbons (Fsp3) is 0.561. The van der Waals surface area contributed by atoms with Gasteiger partial charge >= 0.3 is 5.97 Å². The van der Waals surface area contributed by atoms with Gasteiger partial charge in [0.05, 0.1) is 23.1 Å². The van der Waals surface area contributed by atoms with Gasteiger partial charge < -0.3 is 50.0 Å². The van der Waals surface area contributed by atoms with Gasteiger partial charge in [-0.15, -0.1) is 0 Å². The van der Waals surface area contributed by atoms with E-state index < -0.39 is 48.5 Å². The Kier molecular flexibility index (Phi) is 12.4. The number of aliphatic hydroxyl groups excluding tert-OH is 4. The van der Waals surface area contributed by atoms with Gasteiger partial charge in [0.2, 0.25) is 6.29 Å². The lowest BCUT2D eigenvalue weighted by Gasteiger charge is -2.50. The van der Waals surface area contributed by atoms with Crippen LogP contribution in [0, 0.1) is 30.6 Å². The van der Waals surface area contributed by atoms with Gasteiger partial charge in [0, 0.05) is 26.2 Å². The summed E-state index contributed by atoms with van der Waals surface area (Å²) in [5.74, 6) is -1.13. The Bertz CT molecular complexity index is 1740. The van der Waals surface area contributed by atoms with Crippen molar-refractivity contribution in [3.63, 3.8) is 0 Å². The number of aryl methyl sites for hydroxylation is 2. The van der Waals surface area contributed by atoms with Crippen molar-refractivity contribution in [2.45, 2.75) is 94.9 Å². The third-order valence-electron chi connectivity index (χ3n) is 11.9. The summed E-state index contributed by atoms with van der Waals surface area (Å²) in [5, 5.41) is 76.4. The molecule has 0 radical (unpaired) electrons. The first kappa shape index (κ1) is 39.1. The molecule has 0 aromatic heterocycles. The number of rotatable bonds is 14. The number of phenolic OH excluding ortho intramolecular Hbond substituents is 1. The van der Waals surface area contributed by atoms with E-state index in [-0.39, 0.29) is 64.7 Å². The molecule has 0 spiro atoms. The Labute approximate surface area is 308 Å². The van der Waals surface area contributed by atoms with Crippen LogP contribution in [-0.4, -0.2) is 104 Å².